The molecule has 4 nitrogen and oxygen atoms in total. The molecule has 0 spiro atoms. The number of benzene rings is 1. The summed E-state index contributed by atoms with van der Waals surface area (Å²) in [4.78, 5) is 14.5. The highest BCUT2D eigenvalue weighted by molar-refractivity contribution is 7.90. The Bertz CT molecular complexity index is 740. The van der Waals surface area contributed by atoms with Gasteiger partial charge in [-0.1, -0.05) is 6.07 Å². The first kappa shape index (κ1) is 16.4. The highest BCUT2D eigenvalue weighted by Crippen LogP contribution is 2.50. The van der Waals surface area contributed by atoms with E-state index in [9.17, 15) is 17.6 Å². The molecule has 1 saturated carbocycles. The van der Waals surface area contributed by atoms with E-state index in [1.54, 1.807) is 11.0 Å². The lowest BCUT2D eigenvalue weighted by molar-refractivity contribution is -0.134. The minimum atomic E-state index is -3.08. The van der Waals surface area contributed by atoms with Gasteiger partial charge in [0, 0.05) is 19.2 Å². The third-order valence-electron chi connectivity index (χ3n) is 5.02. The van der Waals surface area contributed by atoms with E-state index >= 15 is 0 Å². The van der Waals surface area contributed by atoms with Gasteiger partial charge >= 0.3 is 0 Å². The molecule has 3 rings (SSSR count). The second kappa shape index (κ2) is 5.58. The van der Waals surface area contributed by atoms with Gasteiger partial charge in [0.15, 0.2) is 0 Å². The van der Waals surface area contributed by atoms with Crippen molar-refractivity contribution in [2.75, 3.05) is 18.6 Å². The maximum absolute atomic E-state index is 13.5. The first-order chi connectivity index (χ1) is 10.7. The molecule has 0 N–H and O–H groups in total. The molecule has 1 heterocycles. The van der Waals surface area contributed by atoms with Crippen molar-refractivity contribution < 1.29 is 17.6 Å². The van der Waals surface area contributed by atoms with E-state index in [2.05, 4.69) is 0 Å². The van der Waals surface area contributed by atoms with Crippen LogP contribution < -0.4 is 0 Å². The topological polar surface area (TPSA) is 54.5 Å². The van der Waals surface area contributed by atoms with Gasteiger partial charge in [0.2, 0.25) is 5.91 Å². The summed E-state index contributed by atoms with van der Waals surface area (Å²) in [6, 6.07) is 4.57. The predicted molar refractivity (Wildman–Crippen MR) is 86.2 cm³/mol. The zero-order valence-corrected chi connectivity index (χ0v) is 14.3. The third kappa shape index (κ3) is 3.57. The maximum Gasteiger partial charge on any atom is 0.223 e. The van der Waals surface area contributed by atoms with Crippen molar-refractivity contribution in [2.45, 2.75) is 38.6 Å². The van der Waals surface area contributed by atoms with E-state index in [1.165, 1.54) is 18.4 Å². The molecule has 1 aromatic rings. The molecule has 1 aliphatic heterocycles. The number of sulfone groups is 1. The van der Waals surface area contributed by atoms with Gasteiger partial charge in [0.1, 0.15) is 15.7 Å². The van der Waals surface area contributed by atoms with Crippen molar-refractivity contribution in [2.24, 2.45) is 5.41 Å². The lowest BCUT2D eigenvalue weighted by atomic mass is 9.92. The maximum atomic E-state index is 13.5. The molecule has 0 bridgehead atoms. The Balaban J connectivity index is 1.74. The van der Waals surface area contributed by atoms with Crippen LogP contribution in [-0.2, 0) is 21.1 Å². The van der Waals surface area contributed by atoms with Crippen molar-refractivity contribution in [3.8, 4) is 0 Å². The standard InChI is InChI=1S/C17H22FNO3S/c1-12-15-9-14(18)4-3-13(15)5-8-19(12)16(20)10-17(6-7-17)11-23(2,21)22/h3-4,9,12H,5-8,10-11H2,1-2H3/t12-/m0/s1. The van der Waals surface area contributed by atoms with E-state index in [0.717, 1.165) is 24.0 Å². The van der Waals surface area contributed by atoms with Gasteiger partial charge in [-0.2, -0.15) is 0 Å². The second-order valence-electron chi connectivity index (χ2n) is 7.10. The number of fused-ring (bicyclic) bond motifs is 1. The molecule has 0 aromatic heterocycles. The van der Waals surface area contributed by atoms with Crippen LogP contribution in [0.25, 0.3) is 0 Å². The fraction of sp³-hybridized carbons (Fsp3) is 0.588. The summed E-state index contributed by atoms with van der Waals surface area (Å²) < 4.78 is 36.6. The third-order valence-corrected chi connectivity index (χ3v) is 6.16. The van der Waals surface area contributed by atoms with Crippen LogP contribution >= 0.6 is 0 Å². The van der Waals surface area contributed by atoms with Crippen LogP contribution in [0.2, 0.25) is 0 Å². The summed E-state index contributed by atoms with van der Waals surface area (Å²) in [5.74, 6) is -0.228. The molecule has 1 fully saturated rings. The SMILES string of the molecule is C[C@H]1c2cc(F)ccc2CCN1C(=O)CC1(CS(C)(=O)=O)CC1. The molecule has 126 valence electrons. The van der Waals surface area contributed by atoms with Crippen LogP contribution in [0.5, 0.6) is 0 Å². The zero-order valence-electron chi connectivity index (χ0n) is 13.5. The fourth-order valence-electron chi connectivity index (χ4n) is 3.65. The number of carbonyl (C=O) groups excluding carboxylic acids is 1. The Morgan fingerprint density at radius 1 is 1.39 bits per heavy atom. The quantitative estimate of drug-likeness (QED) is 0.847. The summed E-state index contributed by atoms with van der Waals surface area (Å²) in [6.07, 6.45) is 3.79. The lowest BCUT2D eigenvalue weighted by Crippen LogP contribution is -2.40. The normalized spacial score (nSPS) is 22.6. The first-order valence-corrected chi connectivity index (χ1v) is 10.0. The molecule has 1 aliphatic carbocycles. The van der Waals surface area contributed by atoms with Crippen molar-refractivity contribution >= 4 is 15.7 Å². The fourth-order valence-corrected chi connectivity index (χ4v) is 5.16. The molecule has 0 unspecified atom stereocenters. The molecular weight excluding hydrogens is 317 g/mol. The number of carbonyl (C=O) groups is 1. The summed E-state index contributed by atoms with van der Waals surface area (Å²) in [6.45, 7) is 2.51. The van der Waals surface area contributed by atoms with Gasteiger partial charge in [0.05, 0.1) is 11.8 Å². The smallest absolute Gasteiger partial charge is 0.223 e. The van der Waals surface area contributed by atoms with Gasteiger partial charge in [-0.15, -0.1) is 0 Å². The van der Waals surface area contributed by atoms with Crippen LogP contribution in [0.3, 0.4) is 0 Å². The molecular formula is C17H22FNO3S. The van der Waals surface area contributed by atoms with E-state index in [4.69, 9.17) is 0 Å². The van der Waals surface area contributed by atoms with E-state index in [0.29, 0.717) is 13.0 Å². The van der Waals surface area contributed by atoms with Crippen molar-refractivity contribution in [1.82, 2.24) is 4.90 Å². The van der Waals surface area contributed by atoms with Crippen LogP contribution in [0, 0.1) is 11.2 Å². The van der Waals surface area contributed by atoms with E-state index in [1.807, 2.05) is 6.92 Å². The van der Waals surface area contributed by atoms with Crippen LogP contribution in [-0.4, -0.2) is 37.8 Å². The second-order valence-corrected chi connectivity index (χ2v) is 9.24. The van der Waals surface area contributed by atoms with Gasteiger partial charge in [-0.05, 0) is 54.9 Å². The highest BCUT2D eigenvalue weighted by Gasteiger charge is 2.47. The molecule has 1 amide bonds. The van der Waals surface area contributed by atoms with Crippen molar-refractivity contribution in [1.29, 1.82) is 0 Å². The van der Waals surface area contributed by atoms with Gasteiger partial charge < -0.3 is 4.90 Å². The minimum absolute atomic E-state index is 0.0199. The highest BCUT2D eigenvalue weighted by atomic mass is 32.2. The van der Waals surface area contributed by atoms with Gasteiger partial charge in [-0.25, -0.2) is 12.8 Å². The summed E-state index contributed by atoms with van der Waals surface area (Å²) >= 11 is 0. The van der Waals surface area contributed by atoms with Gasteiger partial charge in [-0.3, -0.25) is 4.79 Å². The largest absolute Gasteiger partial charge is 0.336 e. The Labute approximate surface area is 136 Å². The molecule has 23 heavy (non-hydrogen) atoms. The van der Waals surface area contributed by atoms with E-state index in [-0.39, 0.29) is 35.4 Å². The number of halogens is 1. The summed E-state index contributed by atoms with van der Waals surface area (Å²) in [5, 5.41) is 0. The molecule has 1 atom stereocenters. The average Bonchev–Trinajstić information content (AvgIpc) is 3.16. The van der Waals surface area contributed by atoms with Crippen LogP contribution in [0.4, 0.5) is 4.39 Å². The van der Waals surface area contributed by atoms with Crippen LogP contribution in [0.1, 0.15) is 43.4 Å². The predicted octanol–water partition coefficient (Wildman–Crippen LogP) is 2.49. The molecule has 0 radical (unpaired) electrons. The minimum Gasteiger partial charge on any atom is -0.336 e. The number of amides is 1. The molecule has 0 saturated heterocycles. The van der Waals surface area contributed by atoms with E-state index < -0.39 is 9.84 Å². The zero-order chi connectivity index (χ0) is 16.8. The Kier molecular flexibility index (Phi) is 3.99. The van der Waals surface area contributed by atoms with Crippen LogP contribution in [0.15, 0.2) is 18.2 Å². The van der Waals surface area contributed by atoms with Crippen molar-refractivity contribution in [3.05, 3.63) is 35.1 Å². The first-order valence-electron chi connectivity index (χ1n) is 7.95. The molecule has 6 heteroatoms. The van der Waals surface area contributed by atoms with Crippen molar-refractivity contribution in [3.63, 3.8) is 0 Å². The monoisotopic (exact) mass is 339 g/mol. The number of nitrogens with zero attached hydrogens (tertiary/aromatic N) is 1. The number of hydrogen-bond acceptors (Lipinski definition) is 3. The summed E-state index contributed by atoms with van der Waals surface area (Å²) in [5.41, 5.74) is 1.57. The molecule has 2 aliphatic rings. The number of rotatable bonds is 4. The number of hydrogen-bond donors (Lipinski definition) is 0. The summed E-state index contributed by atoms with van der Waals surface area (Å²) in [7, 11) is -3.08. The Morgan fingerprint density at radius 2 is 2.09 bits per heavy atom. The van der Waals surface area contributed by atoms with Gasteiger partial charge in [0.25, 0.3) is 0 Å². The Hall–Kier alpha value is -1.43. The lowest BCUT2D eigenvalue weighted by Gasteiger charge is -2.36. The Morgan fingerprint density at radius 3 is 2.70 bits per heavy atom. The average molecular weight is 339 g/mol. The molecule has 1 aromatic carbocycles.